The number of benzene rings is 1. The second kappa shape index (κ2) is 10.8. The van der Waals surface area contributed by atoms with Crippen molar-refractivity contribution >= 4 is 17.6 Å². The van der Waals surface area contributed by atoms with E-state index in [1.165, 1.54) is 6.07 Å². The molecule has 2 rings (SSSR count). The normalized spacial score (nSPS) is 12.0. The number of halogens is 4. The number of rotatable bonds is 8. The smallest absolute Gasteiger partial charge is 0.422 e. The van der Waals surface area contributed by atoms with Crippen molar-refractivity contribution in [3.05, 3.63) is 58.9 Å². The monoisotopic (exact) mass is 414 g/mol. The summed E-state index contributed by atoms with van der Waals surface area (Å²) in [5, 5.41) is 6.73. The summed E-state index contributed by atoms with van der Waals surface area (Å²) in [6.45, 7) is 2.05. The zero-order valence-corrected chi connectivity index (χ0v) is 16.1. The van der Waals surface area contributed by atoms with Gasteiger partial charge in [-0.25, -0.2) is 9.98 Å². The van der Waals surface area contributed by atoms with Crippen LogP contribution in [0, 0.1) is 0 Å². The van der Waals surface area contributed by atoms with Gasteiger partial charge in [0, 0.05) is 24.8 Å². The average Bonchev–Trinajstić information content (AvgIpc) is 2.66. The second-order valence-electron chi connectivity index (χ2n) is 5.87. The largest absolute Gasteiger partial charge is 0.484 e. The van der Waals surface area contributed by atoms with Crippen molar-refractivity contribution in [2.24, 2.45) is 4.99 Å². The van der Waals surface area contributed by atoms with Crippen LogP contribution >= 0.6 is 11.6 Å². The summed E-state index contributed by atoms with van der Waals surface area (Å²) >= 11 is 5.77. The lowest BCUT2D eigenvalue weighted by atomic mass is 10.2. The van der Waals surface area contributed by atoms with Crippen molar-refractivity contribution in [1.82, 2.24) is 15.6 Å². The van der Waals surface area contributed by atoms with Crippen LogP contribution < -0.4 is 15.4 Å². The van der Waals surface area contributed by atoms with Gasteiger partial charge >= 0.3 is 6.18 Å². The van der Waals surface area contributed by atoms with Crippen LogP contribution in [0.25, 0.3) is 0 Å². The molecule has 1 aromatic carbocycles. The highest BCUT2D eigenvalue weighted by molar-refractivity contribution is 6.29. The molecule has 0 bridgehead atoms. The molecular weight excluding hydrogens is 393 g/mol. The zero-order chi connectivity index (χ0) is 20.4. The maximum atomic E-state index is 12.4. The Balaban J connectivity index is 1.95. The third-order valence-electron chi connectivity index (χ3n) is 3.61. The Morgan fingerprint density at radius 1 is 1.18 bits per heavy atom. The lowest BCUT2D eigenvalue weighted by Gasteiger charge is -2.14. The van der Waals surface area contributed by atoms with Crippen LogP contribution in [-0.2, 0) is 13.0 Å². The van der Waals surface area contributed by atoms with Gasteiger partial charge in [-0.1, -0.05) is 35.9 Å². The molecule has 0 aliphatic carbocycles. The third-order valence-corrected chi connectivity index (χ3v) is 3.83. The summed E-state index contributed by atoms with van der Waals surface area (Å²) in [4.78, 5) is 8.46. The molecule has 2 N–H and O–H groups in total. The predicted octanol–water partition coefficient (Wildman–Crippen LogP) is 3.97. The minimum Gasteiger partial charge on any atom is -0.484 e. The van der Waals surface area contributed by atoms with E-state index in [2.05, 4.69) is 20.6 Å². The fourth-order valence-electron chi connectivity index (χ4n) is 2.32. The molecule has 0 spiro atoms. The van der Waals surface area contributed by atoms with Crippen LogP contribution in [0.5, 0.6) is 5.75 Å². The van der Waals surface area contributed by atoms with Crippen LogP contribution in [-0.4, -0.2) is 36.8 Å². The number of para-hydroxylation sites is 1. The molecule has 0 radical (unpaired) electrons. The van der Waals surface area contributed by atoms with Crippen molar-refractivity contribution in [3.63, 3.8) is 0 Å². The van der Waals surface area contributed by atoms with Crippen molar-refractivity contribution in [2.75, 3.05) is 19.7 Å². The van der Waals surface area contributed by atoms with Gasteiger partial charge in [0.05, 0.1) is 6.54 Å². The number of aromatic nitrogens is 1. The number of pyridine rings is 1. The Morgan fingerprint density at radius 2 is 1.96 bits per heavy atom. The van der Waals surface area contributed by atoms with Crippen molar-refractivity contribution < 1.29 is 17.9 Å². The minimum atomic E-state index is -4.39. The molecule has 0 aliphatic heterocycles. The summed E-state index contributed by atoms with van der Waals surface area (Å²) < 4.78 is 42.1. The second-order valence-corrected chi connectivity index (χ2v) is 6.26. The highest BCUT2D eigenvalue weighted by atomic mass is 35.5. The standard InChI is InChI=1S/C19H22ClF3N4O/c1-2-24-18(25-10-9-14-7-8-17(20)26-11-14)27-12-15-5-3-4-6-16(15)28-13-19(21,22)23/h3-8,11H,2,9-10,12-13H2,1H3,(H2,24,25,27). The predicted molar refractivity (Wildman–Crippen MR) is 104 cm³/mol. The molecular formula is C19H22ClF3N4O. The molecule has 1 aromatic heterocycles. The molecule has 0 amide bonds. The van der Waals surface area contributed by atoms with Gasteiger partial charge in [0.15, 0.2) is 12.6 Å². The van der Waals surface area contributed by atoms with Crippen LogP contribution in [0.2, 0.25) is 5.15 Å². The van der Waals surface area contributed by atoms with Crippen molar-refractivity contribution in [1.29, 1.82) is 0 Å². The molecule has 0 aliphatic rings. The maximum Gasteiger partial charge on any atom is 0.422 e. The zero-order valence-electron chi connectivity index (χ0n) is 15.4. The van der Waals surface area contributed by atoms with E-state index in [0.717, 1.165) is 12.0 Å². The van der Waals surface area contributed by atoms with E-state index < -0.39 is 12.8 Å². The first-order valence-corrected chi connectivity index (χ1v) is 9.15. The Hall–Kier alpha value is -2.48. The van der Waals surface area contributed by atoms with E-state index >= 15 is 0 Å². The number of aliphatic imine (C=N–C) groups is 1. The van der Waals surface area contributed by atoms with Gasteiger partial charge in [-0.3, -0.25) is 0 Å². The number of nitrogens with zero attached hydrogens (tertiary/aromatic N) is 2. The highest BCUT2D eigenvalue weighted by Crippen LogP contribution is 2.22. The fourth-order valence-corrected chi connectivity index (χ4v) is 2.43. The Morgan fingerprint density at radius 3 is 2.64 bits per heavy atom. The van der Waals surface area contributed by atoms with Crippen LogP contribution in [0.4, 0.5) is 13.2 Å². The molecule has 0 saturated heterocycles. The average molecular weight is 415 g/mol. The first-order valence-electron chi connectivity index (χ1n) is 8.77. The van der Waals surface area contributed by atoms with Gasteiger partial charge in [-0.05, 0) is 31.0 Å². The van der Waals surface area contributed by atoms with Gasteiger partial charge in [-0.15, -0.1) is 0 Å². The van der Waals surface area contributed by atoms with Crippen LogP contribution in [0.15, 0.2) is 47.6 Å². The van der Waals surface area contributed by atoms with Crippen LogP contribution in [0.1, 0.15) is 18.1 Å². The quantitative estimate of drug-likeness (QED) is 0.390. The van der Waals surface area contributed by atoms with Gasteiger partial charge in [0.25, 0.3) is 0 Å². The third kappa shape index (κ3) is 8.04. The molecule has 0 saturated carbocycles. The summed E-state index contributed by atoms with van der Waals surface area (Å²) in [6, 6.07) is 10.2. The lowest BCUT2D eigenvalue weighted by Crippen LogP contribution is -2.38. The number of nitrogens with one attached hydrogen (secondary N) is 2. The van der Waals surface area contributed by atoms with Crippen LogP contribution in [0.3, 0.4) is 0 Å². The molecule has 0 atom stereocenters. The van der Waals surface area contributed by atoms with Gasteiger partial charge in [0.2, 0.25) is 0 Å². The summed E-state index contributed by atoms with van der Waals surface area (Å²) in [6.07, 6.45) is -1.95. The van der Waals surface area contributed by atoms with E-state index in [-0.39, 0.29) is 12.3 Å². The SMILES string of the molecule is CCNC(=NCc1ccccc1OCC(F)(F)F)NCCc1ccc(Cl)nc1. The Bertz CT molecular complexity index is 767. The first kappa shape index (κ1) is 21.8. The van der Waals surface area contributed by atoms with E-state index in [1.54, 1.807) is 30.5 Å². The molecule has 0 fully saturated rings. The molecule has 28 heavy (non-hydrogen) atoms. The number of ether oxygens (including phenoxy) is 1. The van der Waals surface area contributed by atoms with Gasteiger partial charge in [0.1, 0.15) is 10.9 Å². The van der Waals surface area contributed by atoms with Crippen molar-refractivity contribution in [3.8, 4) is 5.75 Å². The fraction of sp³-hybridized carbons (Fsp3) is 0.368. The van der Waals surface area contributed by atoms with Gasteiger partial charge < -0.3 is 15.4 Å². The van der Waals surface area contributed by atoms with Crippen molar-refractivity contribution in [2.45, 2.75) is 26.1 Å². The van der Waals surface area contributed by atoms with E-state index in [4.69, 9.17) is 16.3 Å². The Labute approximate surface area is 167 Å². The molecule has 0 unspecified atom stereocenters. The highest BCUT2D eigenvalue weighted by Gasteiger charge is 2.28. The minimum absolute atomic E-state index is 0.173. The number of alkyl halides is 3. The molecule has 5 nitrogen and oxygen atoms in total. The topological polar surface area (TPSA) is 58.5 Å². The number of hydrogen-bond acceptors (Lipinski definition) is 3. The summed E-state index contributed by atoms with van der Waals surface area (Å²) in [5.74, 6) is 0.738. The maximum absolute atomic E-state index is 12.4. The molecule has 1 heterocycles. The molecule has 2 aromatic rings. The summed E-state index contributed by atoms with van der Waals surface area (Å²) in [7, 11) is 0. The van der Waals surface area contributed by atoms with E-state index in [9.17, 15) is 13.2 Å². The molecule has 9 heteroatoms. The number of guanidine groups is 1. The van der Waals surface area contributed by atoms with Gasteiger partial charge in [-0.2, -0.15) is 13.2 Å². The van der Waals surface area contributed by atoms with E-state index in [0.29, 0.717) is 29.8 Å². The lowest BCUT2D eigenvalue weighted by molar-refractivity contribution is -0.153. The molecule has 152 valence electrons. The summed E-state index contributed by atoms with van der Waals surface area (Å²) in [5.41, 5.74) is 1.60. The Kier molecular flexibility index (Phi) is 8.38. The number of hydrogen-bond donors (Lipinski definition) is 2. The van der Waals surface area contributed by atoms with E-state index in [1.807, 2.05) is 13.0 Å². The first-order chi connectivity index (χ1) is 13.4.